The van der Waals surface area contributed by atoms with Gasteiger partial charge < -0.3 is 14.5 Å². The Morgan fingerprint density at radius 2 is 1.70 bits per heavy atom. The van der Waals surface area contributed by atoms with Crippen molar-refractivity contribution in [2.24, 2.45) is 0 Å². The summed E-state index contributed by atoms with van der Waals surface area (Å²) in [5, 5.41) is 13.4. The van der Waals surface area contributed by atoms with Crippen molar-refractivity contribution in [2.45, 2.75) is 4.90 Å². The van der Waals surface area contributed by atoms with Crippen molar-refractivity contribution in [2.75, 3.05) is 0 Å². The van der Waals surface area contributed by atoms with E-state index in [1.54, 1.807) is 30.3 Å². The van der Waals surface area contributed by atoms with E-state index < -0.39 is 32.2 Å². The molecule has 30 heavy (non-hydrogen) atoms. The molecule has 3 aromatic rings. The molecule has 0 aliphatic carbocycles. The number of hydrogen-bond acceptors (Lipinski definition) is 6. The normalized spacial score (nSPS) is 11.4. The first-order chi connectivity index (χ1) is 13.6. The van der Waals surface area contributed by atoms with E-state index in [1.165, 1.54) is 12.2 Å². The molecule has 1 heterocycles. The number of aromatic carboxylic acids is 1. The van der Waals surface area contributed by atoms with Gasteiger partial charge in [0.1, 0.15) is 10.1 Å². The molecule has 2 aromatic carbocycles. The number of hydrogen-bond donors (Lipinski definition) is 1. The Balaban J connectivity index is 0.00000320. The summed E-state index contributed by atoms with van der Waals surface area (Å²) in [5.41, 5.74) is -0.767. The van der Waals surface area contributed by atoms with Crippen LogP contribution in [0.1, 0.15) is 21.6 Å². The Bertz CT molecular complexity index is 1300. The smallest absolute Gasteiger partial charge is 0.744 e. The van der Waals surface area contributed by atoms with Crippen LogP contribution in [0.4, 0.5) is 0 Å². The molecule has 0 spiro atoms. The molecule has 1 aromatic heterocycles. The Labute approximate surface area is 191 Å². The zero-order chi connectivity index (χ0) is 21.3. The number of nitrogens with one attached hydrogen (secondary N) is 1. The predicted octanol–water partition coefficient (Wildman–Crippen LogP) is 1.91. The molecule has 1 radical (unpaired) electrons. The number of rotatable bonds is 5. The van der Waals surface area contributed by atoms with Crippen molar-refractivity contribution in [3.63, 3.8) is 0 Å². The topological polar surface area (TPSA) is 135 Å². The molecule has 0 amide bonds. The van der Waals surface area contributed by atoms with Crippen molar-refractivity contribution in [1.82, 2.24) is 9.78 Å². The van der Waals surface area contributed by atoms with Gasteiger partial charge in [0.2, 0.25) is 0 Å². The van der Waals surface area contributed by atoms with Crippen LogP contribution in [0.2, 0.25) is 10.0 Å². The van der Waals surface area contributed by atoms with Gasteiger partial charge in [0.25, 0.3) is 5.56 Å². The minimum absolute atomic E-state index is 0. The number of H-pyrrole nitrogens is 1. The number of benzene rings is 2. The van der Waals surface area contributed by atoms with Gasteiger partial charge in [-0.25, -0.2) is 13.1 Å². The Kier molecular flexibility index (Phi) is 7.35. The van der Waals surface area contributed by atoms with E-state index in [2.05, 4.69) is 5.10 Å². The number of halogens is 2. The van der Waals surface area contributed by atoms with Gasteiger partial charge >= 0.3 is 17.1 Å². The number of aromatic nitrogens is 2. The quantitative estimate of drug-likeness (QED) is 0.413. The fourth-order valence-electron chi connectivity index (χ4n) is 2.56. The number of carbonyl (C=O) groups excluding carboxylic acids is 1. The first-order valence-corrected chi connectivity index (χ1v) is 10.0. The summed E-state index contributed by atoms with van der Waals surface area (Å²) in [6.07, 6.45) is 2.44. The maximum atomic E-state index is 12.7. The van der Waals surface area contributed by atoms with Gasteiger partial charge in [-0.05, 0) is 35.9 Å². The van der Waals surface area contributed by atoms with Crippen LogP contribution in [0.25, 0.3) is 17.8 Å². The molecule has 0 aliphatic rings. The largest absolute Gasteiger partial charge is 2.00 e. The van der Waals surface area contributed by atoms with Gasteiger partial charge in [-0.1, -0.05) is 47.5 Å². The second-order valence-electron chi connectivity index (χ2n) is 5.76. The van der Waals surface area contributed by atoms with Gasteiger partial charge in [0, 0.05) is 5.02 Å². The van der Waals surface area contributed by atoms with Crippen LogP contribution >= 0.6 is 23.2 Å². The number of carbonyl (C=O) groups is 1. The maximum absolute atomic E-state index is 12.7. The second-order valence-corrected chi connectivity index (χ2v) is 7.92. The van der Waals surface area contributed by atoms with Gasteiger partial charge in [0.15, 0.2) is 0 Å². The number of nitrogens with zero attached hydrogens (tertiary/aromatic N) is 1. The number of carboxylic acids is 1. The molecule has 0 fully saturated rings. The average Bonchev–Trinajstić information content (AvgIpc) is 2.98. The SMILES string of the molecule is O=C([O-])c1[nH]n(-c2ccccc2)c(=O)c1C=Cc1cc(Cl)c(S(=O)(=O)[O-])cc1Cl.[Mn+2]. The minimum atomic E-state index is -4.83. The van der Waals surface area contributed by atoms with Gasteiger partial charge in [-0.2, -0.15) is 0 Å². The predicted molar refractivity (Wildman–Crippen MR) is 104 cm³/mol. The van der Waals surface area contributed by atoms with E-state index in [9.17, 15) is 27.7 Å². The molecule has 0 aliphatic heterocycles. The maximum Gasteiger partial charge on any atom is 2.00 e. The molecule has 12 heteroatoms. The van der Waals surface area contributed by atoms with Crippen molar-refractivity contribution in [3.8, 4) is 5.69 Å². The molecule has 0 saturated heterocycles. The molecule has 0 atom stereocenters. The van der Waals surface area contributed by atoms with Crippen molar-refractivity contribution < 1.29 is 39.9 Å². The third-order valence-corrected chi connectivity index (χ3v) is 5.52. The van der Waals surface area contributed by atoms with E-state index in [0.717, 1.165) is 16.8 Å². The third kappa shape index (κ3) is 4.86. The number of carboxylic acid groups (broad SMARTS) is 1. The van der Waals surface area contributed by atoms with Crippen LogP contribution in [0.3, 0.4) is 0 Å². The summed E-state index contributed by atoms with van der Waals surface area (Å²) in [5.74, 6) is -1.60. The standard InChI is InChI=1S/C18H12Cl2N2O6S.Mn/c19-13-9-15(29(26,27)28)14(20)8-10(13)6-7-12-16(18(24)25)21-22(17(12)23)11-4-2-1-3-5-11;/h1-9,21H,(H,24,25)(H,26,27,28);/q;+2/p-2. The van der Waals surface area contributed by atoms with Crippen LogP contribution in [-0.2, 0) is 27.2 Å². The number of aromatic amines is 1. The fourth-order valence-corrected chi connectivity index (χ4v) is 3.86. The van der Waals surface area contributed by atoms with E-state index in [0.29, 0.717) is 5.69 Å². The van der Waals surface area contributed by atoms with Crippen molar-refractivity contribution in [3.05, 3.63) is 79.7 Å². The third-order valence-electron chi connectivity index (χ3n) is 3.90. The first kappa shape index (κ1) is 23.9. The summed E-state index contributed by atoms with van der Waals surface area (Å²) >= 11 is 11.8. The van der Waals surface area contributed by atoms with Crippen molar-refractivity contribution >= 4 is 51.4 Å². The summed E-state index contributed by atoms with van der Waals surface area (Å²) in [6.45, 7) is 0. The minimum Gasteiger partial charge on any atom is -0.744 e. The van der Waals surface area contributed by atoms with Crippen LogP contribution in [-0.4, -0.2) is 28.7 Å². The van der Waals surface area contributed by atoms with Crippen molar-refractivity contribution in [1.29, 1.82) is 0 Å². The van der Waals surface area contributed by atoms with E-state index >= 15 is 0 Å². The molecule has 8 nitrogen and oxygen atoms in total. The summed E-state index contributed by atoms with van der Waals surface area (Å²) < 4.78 is 34.5. The molecular formula is C18H10Cl2MnN2O6S. The molecule has 155 valence electrons. The van der Waals surface area contributed by atoms with E-state index in [1.807, 2.05) is 0 Å². The molecule has 1 N–H and O–H groups in total. The summed E-state index contributed by atoms with van der Waals surface area (Å²) in [4.78, 5) is 23.4. The second kappa shape index (κ2) is 9.21. The summed E-state index contributed by atoms with van der Waals surface area (Å²) in [6, 6.07) is 10.3. The summed E-state index contributed by atoms with van der Waals surface area (Å²) in [7, 11) is -4.83. The number of para-hydroxylation sites is 1. The van der Waals surface area contributed by atoms with Crippen LogP contribution in [0.5, 0.6) is 0 Å². The zero-order valence-corrected chi connectivity index (χ0v) is 18.1. The first-order valence-electron chi connectivity index (χ1n) is 7.84. The Morgan fingerprint density at radius 3 is 2.27 bits per heavy atom. The van der Waals surface area contributed by atoms with E-state index in [4.69, 9.17) is 23.2 Å². The van der Waals surface area contributed by atoms with Gasteiger partial charge in [0.05, 0.1) is 32.8 Å². The van der Waals surface area contributed by atoms with Crippen LogP contribution < -0.4 is 10.7 Å². The van der Waals surface area contributed by atoms with Crippen LogP contribution in [0, 0.1) is 0 Å². The Hall–Kier alpha value is -2.33. The Morgan fingerprint density at radius 1 is 1.07 bits per heavy atom. The average molecular weight is 508 g/mol. The van der Waals surface area contributed by atoms with Gasteiger partial charge in [-0.3, -0.25) is 9.89 Å². The van der Waals surface area contributed by atoms with Crippen LogP contribution in [0.15, 0.2) is 52.2 Å². The molecule has 0 unspecified atom stereocenters. The zero-order valence-electron chi connectivity index (χ0n) is 14.6. The molecule has 0 bridgehead atoms. The monoisotopic (exact) mass is 507 g/mol. The van der Waals surface area contributed by atoms with Gasteiger partial charge in [-0.15, -0.1) is 0 Å². The molecule has 0 saturated carbocycles. The molecule has 3 rings (SSSR count). The fraction of sp³-hybridized carbons (Fsp3) is 0. The van der Waals surface area contributed by atoms with E-state index in [-0.39, 0.29) is 38.2 Å². The molecular weight excluding hydrogens is 498 g/mol.